The van der Waals surface area contributed by atoms with E-state index in [0.717, 1.165) is 5.69 Å². The van der Waals surface area contributed by atoms with E-state index in [2.05, 4.69) is 10.1 Å². The van der Waals surface area contributed by atoms with Gasteiger partial charge in [0.1, 0.15) is 24.1 Å². The highest BCUT2D eigenvalue weighted by Crippen LogP contribution is 2.38. The lowest BCUT2D eigenvalue weighted by atomic mass is 9.97. The Kier molecular flexibility index (Phi) is 2.89. The smallest absolute Gasteiger partial charge is 0.151 e. The van der Waals surface area contributed by atoms with Crippen LogP contribution in [0.2, 0.25) is 0 Å². The molecule has 1 aliphatic rings. The van der Waals surface area contributed by atoms with Gasteiger partial charge in [0.05, 0.1) is 18.4 Å². The van der Waals surface area contributed by atoms with E-state index < -0.39 is 12.2 Å². The number of aromatic nitrogens is 3. The van der Waals surface area contributed by atoms with E-state index in [1.807, 2.05) is 19.1 Å². The van der Waals surface area contributed by atoms with Crippen molar-refractivity contribution in [2.75, 3.05) is 12.3 Å². The SMILES string of the molecule is CC1C(c2ccc3c(N)ncnn23)OC(CO)C1O. The second-order valence-corrected chi connectivity index (χ2v) is 4.83. The minimum atomic E-state index is -0.695. The monoisotopic (exact) mass is 264 g/mol. The quantitative estimate of drug-likeness (QED) is 0.690. The van der Waals surface area contributed by atoms with E-state index in [-0.39, 0.29) is 18.6 Å². The highest BCUT2D eigenvalue weighted by atomic mass is 16.5. The van der Waals surface area contributed by atoms with Crippen LogP contribution in [0.4, 0.5) is 5.82 Å². The van der Waals surface area contributed by atoms with E-state index >= 15 is 0 Å². The molecule has 4 atom stereocenters. The fraction of sp³-hybridized carbons (Fsp3) is 0.500. The van der Waals surface area contributed by atoms with Crippen LogP contribution in [0.5, 0.6) is 0 Å². The van der Waals surface area contributed by atoms with Crippen molar-refractivity contribution in [2.45, 2.75) is 25.2 Å². The van der Waals surface area contributed by atoms with Gasteiger partial charge in [0.2, 0.25) is 0 Å². The molecule has 19 heavy (non-hydrogen) atoms. The number of hydrogen-bond acceptors (Lipinski definition) is 6. The van der Waals surface area contributed by atoms with Crippen LogP contribution in [-0.2, 0) is 4.74 Å². The van der Waals surface area contributed by atoms with Gasteiger partial charge < -0.3 is 20.7 Å². The molecule has 2 aromatic rings. The van der Waals surface area contributed by atoms with Crippen molar-refractivity contribution in [1.82, 2.24) is 14.6 Å². The summed E-state index contributed by atoms with van der Waals surface area (Å²) in [6.07, 6.45) is -0.209. The number of aliphatic hydroxyl groups is 2. The predicted molar refractivity (Wildman–Crippen MR) is 67.3 cm³/mol. The molecule has 7 heteroatoms. The average Bonchev–Trinajstić information content (AvgIpc) is 2.94. The molecule has 102 valence electrons. The van der Waals surface area contributed by atoms with Crippen LogP contribution in [0.3, 0.4) is 0 Å². The number of hydrogen-bond donors (Lipinski definition) is 3. The highest BCUT2D eigenvalue weighted by molar-refractivity contribution is 5.65. The number of rotatable bonds is 2. The maximum absolute atomic E-state index is 10.0. The number of aliphatic hydroxyl groups excluding tert-OH is 2. The van der Waals surface area contributed by atoms with Crippen LogP contribution < -0.4 is 5.73 Å². The molecule has 3 rings (SSSR count). The molecule has 0 aromatic carbocycles. The molecule has 0 saturated carbocycles. The van der Waals surface area contributed by atoms with E-state index in [9.17, 15) is 10.2 Å². The Hall–Kier alpha value is -1.70. The average molecular weight is 264 g/mol. The van der Waals surface area contributed by atoms with Crippen molar-refractivity contribution in [2.24, 2.45) is 5.92 Å². The normalized spacial score (nSPS) is 31.1. The first kappa shape index (κ1) is 12.3. The third kappa shape index (κ3) is 1.78. The van der Waals surface area contributed by atoms with E-state index in [4.69, 9.17) is 10.5 Å². The van der Waals surface area contributed by atoms with Crippen LogP contribution in [0.25, 0.3) is 5.52 Å². The van der Waals surface area contributed by atoms with Gasteiger partial charge in [-0.1, -0.05) is 6.92 Å². The minimum absolute atomic E-state index is 0.133. The van der Waals surface area contributed by atoms with E-state index in [1.165, 1.54) is 6.33 Å². The lowest BCUT2D eigenvalue weighted by molar-refractivity contribution is -0.0240. The van der Waals surface area contributed by atoms with Gasteiger partial charge in [-0.3, -0.25) is 0 Å². The summed E-state index contributed by atoms with van der Waals surface area (Å²) in [5, 5.41) is 23.3. The summed E-state index contributed by atoms with van der Waals surface area (Å²) in [6.45, 7) is 1.68. The van der Waals surface area contributed by atoms with Crippen molar-refractivity contribution >= 4 is 11.3 Å². The summed E-state index contributed by atoms with van der Waals surface area (Å²) in [4.78, 5) is 3.93. The number of nitrogen functional groups attached to an aromatic ring is 1. The third-order valence-electron chi connectivity index (χ3n) is 3.70. The molecular formula is C12H16N4O3. The largest absolute Gasteiger partial charge is 0.394 e. The Balaban J connectivity index is 2.04. The number of nitrogens with two attached hydrogens (primary N) is 1. The van der Waals surface area contributed by atoms with Gasteiger partial charge in [-0.15, -0.1) is 0 Å². The minimum Gasteiger partial charge on any atom is -0.394 e. The molecule has 1 aliphatic heterocycles. The first-order valence-electron chi connectivity index (χ1n) is 6.16. The van der Waals surface area contributed by atoms with Crippen LogP contribution in [-0.4, -0.2) is 43.6 Å². The zero-order chi connectivity index (χ0) is 13.6. The Bertz CT molecular complexity index is 600. The maximum atomic E-state index is 10.0. The first-order chi connectivity index (χ1) is 9.13. The van der Waals surface area contributed by atoms with E-state index in [0.29, 0.717) is 11.3 Å². The van der Waals surface area contributed by atoms with Gasteiger partial charge in [0.15, 0.2) is 5.82 Å². The van der Waals surface area contributed by atoms with Crippen molar-refractivity contribution < 1.29 is 14.9 Å². The van der Waals surface area contributed by atoms with Crippen LogP contribution in [0.15, 0.2) is 18.5 Å². The predicted octanol–water partition coefficient (Wildman–Crippen LogP) is -0.259. The second-order valence-electron chi connectivity index (χ2n) is 4.83. The number of anilines is 1. The molecule has 1 saturated heterocycles. The summed E-state index contributed by atoms with van der Waals surface area (Å²) in [5.74, 6) is 0.262. The van der Waals surface area contributed by atoms with Crippen molar-refractivity contribution in [3.8, 4) is 0 Å². The molecule has 0 aliphatic carbocycles. The third-order valence-corrected chi connectivity index (χ3v) is 3.70. The number of ether oxygens (including phenoxy) is 1. The molecule has 0 spiro atoms. The lowest BCUT2D eigenvalue weighted by Crippen LogP contribution is -2.27. The fourth-order valence-electron chi connectivity index (χ4n) is 2.59. The van der Waals surface area contributed by atoms with Crippen LogP contribution >= 0.6 is 0 Å². The second kappa shape index (κ2) is 4.44. The number of fused-ring (bicyclic) bond motifs is 1. The van der Waals surface area contributed by atoms with Crippen molar-refractivity contribution in [3.63, 3.8) is 0 Å². The summed E-state index contributed by atoms with van der Waals surface area (Å²) < 4.78 is 7.37. The van der Waals surface area contributed by atoms with Gasteiger partial charge in [-0.2, -0.15) is 5.10 Å². The van der Waals surface area contributed by atoms with Crippen molar-refractivity contribution in [3.05, 3.63) is 24.2 Å². The standard InChI is InChI=1S/C12H16N4O3/c1-6-10(18)9(4-17)19-11(6)7-2-3-8-12(13)14-5-15-16(7)8/h2-3,5-6,9-11,17-18H,4H2,1H3,(H2,13,14,15). The topological polar surface area (TPSA) is 106 Å². The Morgan fingerprint density at radius 1 is 1.47 bits per heavy atom. The maximum Gasteiger partial charge on any atom is 0.151 e. The molecule has 0 bridgehead atoms. The van der Waals surface area contributed by atoms with Gasteiger partial charge in [0.25, 0.3) is 0 Å². The first-order valence-corrected chi connectivity index (χ1v) is 6.16. The summed E-state index contributed by atoms with van der Waals surface area (Å²) in [6, 6.07) is 3.67. The van der Waals surface area contributed by atoms with E-state index in [1.54, 1.807) is 4.52 Å². The lowest BCUT2D eigenvalue weighted by Gasteiger charge is -2.15. The molecule has 4 unspecified atom stereocenters. The van der Waals surface area contributed by atoms with Gasteiger partial charge in [-0.25, -0.2) is 9.50 Å². The summed E-state index contributed by atoms with van der Waals surface area (Å²) in [7, 11) is 0. The molecule has 0 radical (unpaired) electrons. The zero-order valence-corrected chi connectivity index (χ0v) is 10.5. The molecule has 4 N–H and O–H groups in total. The molecule has 2 aromatic heterocycles. The van der Waals surface area contributed by atoms with Gasteiger partial charge in [0, 0.05) is 5.92 Å². The van der Waals surface area contributed by atoms with Gasteiger partial charge >= 0.3 is 0 Å². The molecular weight excluding hydrogens is 248 g/mol. The highest BCUT2D eigenvalue weighted by Gasteiger charge is 2.42. The molecule has 0 amide bonds. The van der Waals surface area contributed by atoms with Crippen LogP contribution in [0, 0.1) is 5.92 Å². The molecule has 3 heterocycles. The molecule has 7 nitrogen and oxygen atoms in total. The number of nitrogens with zero attached hydrogens (tertiary/aromatic N) is 3. The fourth-order valence-corrected chi connectivity index (χ4v) is 2.59. The summed E-state index contributed by atoms with van der Waals surface area (Å²) >= 11 is 0. The van der Waals surface area contributed by atoms with Gasteiger partial charge in [-0.05, 0) is 12.1 Å². The Morgan fingerprint density at radius 2 is 2.26 bits per heavy atom. The Labute approximate surface area is 109 Å². The summed E-state index contributed by atoms with van der Waals surface area (Å²) in [5.41, 5.74) is 7.28. The van der Waals surface area contributed by atoms with Crippen molar-refractivity contribution in [1.29, 1.82) is 0 Å². The molecule has 1 fully saturated rings. The zero-order valence-electron chi connectivity index (χ0n) is 10.5. The Morgan fingerprint density at radius 3 is 2.95 bits per heavy atom. The van der Waals surface area contributed by atoms with Crippen LogP contribution in [0.1, 0.15) is 18.7 Å².